The van der Waals surface area contributed by atoms with Gasteiger partial charge in [-0.15, -0.1) is 0 Å². The van der Waals surface area contributed by atoms with E-state index >= 15 is 0 Å². The third-order valence-electron chi connectivity index (χ3n) is 4.77. The van der Waals surface area contributed by atoms with E-state index < -0.39 is 0 Å². The summed E-state index contributed by atoms with van der Waals surface area (Å²) in [5.74, 6) is 0. The molecule has 1 saturated heterocycles. The first-order valence-electron chi connectivity index (χ1n) is 9.10. The maximum Gasteiger partial charge on any atom is 0.0935 e. The molecule has 2 heteroatoms. The minimum atomic E-state index is 0.203. The highest BCUT2D eigenvalue weighted by Crippen LogP contribution is 2.26. The summed E-state index contributed by atoms with van der Waals surface area (Å²) in [6, 6.07) is 17.7. The monoisotopic (exact) mass is 323 g/mol. The third-order valence-corrected chi connectivity index (χ3v) is 4.77. The smallest absolute Gasteiger partial charge is 0.0935 e. The number of benzene rings is 2. The second-order valence-electron chi connectivity index (χ2n) is 7.79. The molecule has 0 unspecified atom stereocenters. The Hall–Kier alpha value is -1.64. The fourth-order valence-electron chi connectivity index (χ4n) is 3.12. The van der Waals surface area contributed by atoms with Crippen molar-refractivity contribution < 1.29 is 4.84 Å². The van der Waals surface area contributed by atoms with Gasteiger partial charge in [0.2, 0.25) is 0 Å². The maximum absolute atomic E-state index is 5.90. The number of piperidine rings is 1. The highest BCUT2D eigenvalue weighted by Gasteiger charge is 2.13. The van der Waals surface area contributed by atoms with E-state index in [9.17, 15) is 0 Å². The molecule has 2 aromatic carbocycles. The average Bonchev–Trinajstić information content (AvgIpc) is 2.61. The van der Waals surface area contributed by atoms with Crippen LogP contribution in [0.3, 0.4) is 0 Å². The van der Waals surface area contributed by atoms with Gasteiger partial charge in [-0.25, -0.2) is 0 Å². The Morgan fingerprint density at radius 3 is 1.88 bits per heavy atom. The lowest BCUT2D eigenvalue weighted by atomic mass is 9.86. The Balaban J connectivity index is 1.61. The Morgan fingerprint density at radius 1 is 0.792 bits per heavy atom. The molecule has 2 nitrogen and oxygen atoms in total. The number of nitrogens with zero attached hydrogens (tertiary/aromatic N) is 1. The molecule has 0 aromatic heterocycles. The second kappa shape index (κ2) is 7.50. The third kappa shape index (κ3) is 4.46. The molecule has 1 heterocycles. The fraction of sp³-hybridized carbons (Fsp3) is 0.455. The highest BCUT2D eigenvalue weighted by atomic mass is 16.7. The topological polar surface area (TPSA) is 12.5 Å². The molecule has 0 bridgehead atoms. The molecular weight excluding hydrogens is 294 g/mol. The van der Waals surface area contributed by atoms with Gasteiger partial charge in [-0.3, -0.25) is 4.84 Å². The van der Waals surface area contributed by atoms with Crippen LogP contribution in [0.2, 0.25) is 0 Å². The van der Waals surface area contributed by atoms with Crippen LogP contribution < -0.4 is 0 Å². The molecule has 0 amide bonds. The molecule has 0 atom stereocenters. The molecule has 1 aliphatic rings. The molecule has 0 N–H and O–H groups in total. The molecule has 1 aliphatic heterocycles. The van der Waals surface area contributed by atoms with Crippen LogP contribution in [-0.4, -0.2) is 18.2 Å². The van der Waals surface area contributed by atoms with Crippen molar-refractivity contribution in [3.8, 4) is 11.1 Å². The number of hydrogen-bond donors (Lipinski definition) is 0. The summed E-state index contributed by atoms with van der Waals surface area (Å²) in [5, 5.41) is 2.11. The zero-order chi connectivity index (χ0) is 17.0. The standard InChI is InChI=1S/C22H29NO/c1-22(2,3)21-13-11-20(12-14-21)19-9-7-18(8-10-19)17-24-23-15-5-4-6-16-23/h7-14H,4-6,15-17H2,1-3H3. The van der Waals surface area contributed by atoms with E-state index in [-0.39, 0.29) is 5.41 Å². The maximum atomic E-state index is 5.90. The first kappa shape index (κ1) is 17.2. The van der Waals surface area contributed by atoms with Crippen LogP contribution in [-0.2, 0) is 16.9 Å². The van der Waals surface area contributed by atoms with Crippen molar-refractivity contribution >= 4 is 0 Å². The molecule has 0 aliphatic carbocycles. The molecular formula is C22H29NO. The van der Waals surface area contributed by atoms with Gasteiger partial charge in [-0.05, 0) is 40.5 Å². The van der Waals surface area contributed by atoms with Crippen LogP contribution in [0.1, 0.15) is 51.2 Å². The van der Waals surface area contributed by atoms with E-state index in [1.54, 1.807) is 0 Å². The summed E-state index contributed by atoms with van der Waals surface area (Å²) >= 11 is 0. The number of hydrogen-bond acceptors (Lipinski definition) is 2. The number of rotatable bonds is 4. The van der Waals surface area contributed by atoms with Gasteiger partial charge in [-0.1, -0.05) is 75.7 Å². The Morgan fingerprint density at radius 2 is 1.33 bits per heavy atom. The van der Waals surface area contributed by atoms with Gasteiger partial charge in [0.25, 0.3) is 0 Å². The van der Waals surface area contributed by atoms with Crippen molar-refractivity contribution in [1.82, 2.24) is 5.06 Å². The summed E-state index contributed by atoms with van der Waals surface area (Å²) in [7, 11) is 0. The quantitative estimate of drug-likeness (QED) is 0.729. The summed E-state index contributed by atoms with van der Waals surface area (Å²) in [6.45, 7) is 9.55. The number of hydroxylamine groups is 2. The van der Waals surface area contributed by atoms with E-state index in [4.69, 9.17) is 4.84 Å². The van der Waals surface area contributed by atoms with Crippen LogP contribution >= 0.6 is 0 Å². The van der Waals surface area contributed by atoms with Gasteiger partial charge in [0.1, 0.15) is 0 Å². The molecule has 0 saturated carbocycles. The van der Waals surface area contributed by atoms with E-state index in [2.05, 4.69) is 74.4 Å². The first-order chi connectivity index (χ1) is 11.5. The fourth-order valence-corrected chi connectivity index (χ4v) is 3.12. The Kier molecular flexibility index (Phi) is 5.37. The molecule has 0 spiro atoms. The van der Waals surface area contributed by atoms with E-state index in [1.165, 1.54) is 41.5 Å². The van der Waals surface area contributed by atoms with Crippen LogP contribution in [0.4, 0.5) is 0 Å². The van der Waals surface area contributed by atoms with E-state index in [0.717, 1.165) is 13.1 Å². The lowest BCUT2D eigenvalue weighted by Crippen LogP contribution is -2.29. The van der Waals surface area contributed by atoms with Crippen LogP contribution in [0.25, 0.3) is 11.1 Å². The van der Waals surface area contributed by atoms with Crippen molar-refractivity contribution in [2.75, 3.05) is 13.1 Å². The van der Waals surface area contributed by atoms with Gasteiger partial charge >= 0.3 is 0 Å². The minimum absolute atomic E-state index is 0.203. The van der Waals surface area contributed by atoms with Crippen molar-refractivity contribution in [2.24, 2.45) is 0 Å². The van der Waals surface area contributed by atoms with Gasteiger partial charge in [-0.2, -0.15) is 5.06 Å². The molecule has 3 rings (SSSR count). The van der Waals surface area contributed by atoms with Crippen molar-refractivity contribution in [3.05, 3.63) is 59.7 Å². The summed E-state index contributed by atoms with van der Waals surface area (Å²) in [4.78, 5) is 5.90. The van der Waals surface area contributed by atoms with Gasteiger partial charge in [0.05, 0.1) is 6.61 Å². The first-order valence-corrected chi connectivity index (χ1v) is 9.10. The zero-order valence-electron chi connectivity index (χ0n) is 15.2. The lowest BCUT2D eigenvalue weighted by molar-refractivity contribution is -0.178. The van der Waals surface area contributed by atoms with Crippen molar-refractivity contribution in [2.45, 2.75) is 52.1 Å². The Labute approximate surface area is 146 Å². The summed E-state index contributed by atoms with van der Waals surface area (Å²) in [6.07, 6.45) is 3.84. The van der Waals surface area contributed by atoms with Crippen molar-refractivity contribution in [3.63, 3.8) is 0 Å². The van der Waals surface area contributed by atoms with Crippen LogP contribution in [0.5, 0.6) is 0 Å². The van der Waals surface area contributed by atoms with E-state index in [0.29, 0.717) is 6.61 Å². The average molecular weight is 323 g/mol. The van der Waals surface area contributed by atoms with Gasteiger partial charge < -0.3 is 0 Å². The van der Waals surface area contributed by atoms with Gasteiger partial charge in [0.15, 0.2) is 0 Å². The lowest BCUT2D eigenvalue weighted by Gasteiger charge is -2.25. The molecule has 24 heavy (non-hydrogen) atoms. The summed E-state index contributed by atoms with van der Waals surface area (Å²) < 4.78 is 0. The second-order valence-corrected chi connectivity index (χ2v) is 7.79. The SMILES string of the molecule is CC(C)(C)c1ccc(-c2ccc(CON3CCCCC3)cc2)cc1. The molecule has 128 valence electrons. The molecule has 2 aromatic rings. The molecule has 1 fully saturated rings. The van der Waals surface area contributed by atoms with Crippen molar-refractivity contribution in [1.29, 1.82) is 0 Å². The summed E-state index contributed by atoms with van der Waals surface area (Å²) in [5.41, 5.74) is 5.34. The van der Waals surface area contributed by atoms with Gasteiger partial charge in [0, 0.05) is 13.1 Å². The highest BCUT2D eigenvalue weighted by molar-refractivity contribution is 5.64. The normalized spacial score (nSPS) is 16.3. The predicted octanol–water partition coefficient (Wildman–Crippen LogP) is 5.57. The van der Waals surface area contributed by atoms with Crippen LogP contribution in [0.15, 0.2) is 48.5 Å². The minimum Gasteiger partial charge on any atom is -0.294 e. The van der Waals surface area contributed by atoms with Crippen LogP contribution in [0, 0.1) is 0 Å². The van der Waals surface area contributed by atoms with E-state index in [1.807, 2.05) is 0 Å². The predicted molar refractivity (Wildman–Crippen MR) is 101 cm³/mol. The zero-order valence-corrected chi connectivity index (χ0v) is 15.2. The Bertz CT molecular complexity index is 631. The molecule has 0 radical (unpaired) electrons. The largest absolute Gasteiger partial charge is 0.294 e.